The fourth-order valence-corrected chi connectivity index (χ4v) is 4.23. The Balaban J connectivity index is 1.43. The van der Waals surface area contributed by atoms with Crippen molar-refractivity contribution in [1.29, 1.82) is 0 Å². The second-order valence-electron chi connectivity index (χ2n) is 8.23. The Bertz CT molecular complexity index is 781. The minimum atomic E-state index is -0.153. The molecule has 172 valence electrons. The van der Waals surface area contributed by atoms with E-state index in [4.69, 9.17) is 0 Å². The smallest absolute Gasteiger partial charge is 0.317 e. The molecule has 1 heterocycles. The molecule has 0 radical (unpaired) electrons. The number of likely N-dealkylation sites (tertiary alicyclic amines) is 1. The zero-order chi connectivity index (χ0) is 22.6. The maximum Gasteiger partial charge on any atom is 0.317 e. The average molecular weight is 438 g/mol. The van der Waals surface area contributed by atoms with Crippen molar-refractivity contribution in [2.24, 2.45) is 0 Å². The van der Waals surface area contributed by atoms with Crippen LogP contribution in [0.2, 0.25) is 0 Å². The fraction of sp³-hybridized carbons (Fsp3) is 0.462. The molecule has 0 atom stereocenters. The van der Waals surface area contributed by atoms with Gasteiger partial charge in [-0.25, -0.2) is 4.79 Å². The number of benzene rings is 2. The number of carbonyl (C=O) groups excluding carboxylic acids is 2. The third-order valence-electron chi connectivity index (χ3n) is 6.00. The molecule has 3 rings (SSSR count). The molecule has 1 N–H and O–H groups in total. The molecule has 0 spiro atoms. The van der Waals surface area contributed by atoms with Gasteiger partial charge >= 0.3 is 12.0 Å². The van der Waals surface area contributed by atoms with Crippen LogP contribution in [0.4, 0.5) is 16.2 Å². The summed E-state index contributed by atoms with van der Waals surface area (Å²) in [6.45, 7) is 2.19. The first kappa shape index (κ1) is 23.6. The molecule has 0 bridgehead atoms. The fourth-order valence-electron chi connectivity index (χ4n) is 4.23. The first-order valence-corrected chi connectivity index (χ1v) is 11.7. The van der Waals surface area contributed by atoms with E-state index in [0.717, 1.165) is 51.6 Å². The van der Waals surface area contributed by atoms with Crippen LogP contribution in [-0.4, -0.2) is 49.7 Å². The summed E-state index contributed by atoms with van der Waals surface area (Å²) < 4.78 is 4.64. The number of urea groups is 1. The summed E-state index contributed by atoms with van der Waals surface area (Å²) in [4.78, 5) is 28.0. The van der Waals surface area contributed by atoms with Gasteiger partial charge in [0.05, 0.1) is 7.11 Å². The molecule has 0 unspecified atom stereocenters. The van der Waals surface area contributed by atoms with Crippen LogP contribution in [-0.2, 0) is 9.53 Å². The minimum Gasteiger partial charge on any atom is -0.469 e. The van der Waals surface area contributed by atoms with Crippen LogP contribution in [0.25, 0.3) is 0 Å². The standard InChI is InChI=1S/C26H35N3O3/c1-32-25(30)16-10-2-3-11-19-27-26(31)28-20-17-24(18-21-28)29(22-12-6-4-7-13-22)23-14-8-5-9-15-23/h4-9,12-15,24H,2-3,10-11,16-21H2,1H3,(H,27,31). The Morgan fingerprint density at radius 1 is 0.906 bits per heavy atom. The number of nitrogens with zero attached hydrogens (tertiary/aromatic N) is 2. The lowest BCUT2D eigenvalue weighted by Crippen LogP contribution is -2.48. The first-order valence-electron chi connectivity index (χ1n) is 11.7. The summed E-state index contributed by atoms with van der Waals surface area (Å²) in [5.74, 6) is -0.153. The zero-order valence-corrected chi connectivity index (χ0v) is 19.0. The molecule has 1 aliphatic rings. The number of carbonyl (C=O) groups is 2. The van der Waals surface area contributed by atoms with Crippen LogP contribution in [0, 0.1) is 0 Å². The highest BCUT2D eigenvalue weighted by molar-refractivity contribution is 5.74. The third-order valence-corrected chi connectivity index (χ3v) is 6.00. The quantitative estimate of drug-likeness (QED) is 0.414. The van der Waals surface area contributed by atoms with Gasteiger partial charge in [0, 0.05) is 43.5 Å². The number of unbranched alkanes of at least 4 members (excludes halogenated alkanes) is 3. The van der Waals surface area contributed by atoms with Gasteiger partial charge in [0.2, 0.25) is 0 Å². The third kappa shape index (κ3) is 7.01. The number of hydrogen-bond donors (Lipinski definition) is 1. The van der Waals surface area contributed by atoms with Crippen molar-refractivity contribution in [2.45, 2.75) is 51.0 Å². The van der Waals surface area contributed by atoms with E-state index in [0.29, 0.717) is 19.0 Å². The van der Waals surface area contributed by atoms with Crippen molar-refractivity contribution in [2.75, 3.05) is 31.6 Å². The summed E-state index contributed by atoms with van der Waals surface area (Å²) in [7, 11) is 1.42. The van der Waals surface area contributed by atoms with Gasteiger partial charge in [0.1, 0.15) is 0 Å². The largest absolute Gasteiger partial charge is 0.469 e. The van der Waals surface area contributed by atoms with Gasteiger partial charge < -0.3 is 19.9 Å². The van der Waals surface area contributed by atoms with E-state index in [-0.39, 0.29) is 12.0 Å². The molecule has 2 amide bonds. The molecule has 6 nitrogen and oxygen atoms in total. The van der Waals surface area contributed by atoms with E-state index in [1.165, 1.54) is 18.5 Å². The number of amides is 2. The molecule has 6 heteroatoms. The highest BCUT2D eigenvalue weighted by Gasteiger charge is 2.27. The van der Waals surface area contributed by atoms with Crippen molar-refractivity contribution in [3.05, 3.63) is 60.7 Å². The predicted octanol–water partition coefficient (Wildman–Crippen LogP) is 5.12. The molecule has 1 fully saturated rings. The monoisotopic (exact) mass is 437 g/mol. The average Bonchev–Trinajstić information content (AvgIpc) is 2.85. The minimum absolute atomic E-state index is 0.0315. The molecule has 2 aromatic rings. The molecular weight excluding hydrogens is 402 g/mol. The van der Waals surface area contributed by atoms with E-state index < -0.39 is 0 Å². The van der Waals surface area contributed by atoms with Crippen molar-refractivity contribution in [3.63, 3.8) is 0 Å². The van der Waals surface area contributed by atoms with Crippen molar-refractivity contribution in [1.82, 2.24) is 10.2 Å². The Labute approximate surface area is 191 Å². The number of hydrogen-bond acceptors (Lipinski definition) is 4. The zero-order valence-electron chi connectivity index (χ0n) is 19.0. The van der Waals surface area contributed by atoms with Crippen molar-refractivity contribution in [3.8, 4) is 0 Å². The SMILES string of the molecule is COC(=O)CCCCCCNC(=O)N1CCC(N(c2ccccc2)c2ccccc2)CC1. The number of rotatable bonds is 10. The Morgan fingerprint density at radius 3 is 2.03 bits per heavy atom. The lowest BCUT2D eigenvalue weighted by Gasteiger charge is -2.39. The lowest BCUT2D eigenvalue weighted by atomic mass is 10.0. The summed E-state index contributed by atoms with van der Waals surface area (Å²) in [5.41, 5.74) is 2.38. The van der Waals surface area contributed by atoms with Crippen LogP contribution in [0.15, 0.2) is 60.7 Å². The number of esters is 1. The summed E-state index contributed by atoms with van der Waals surface area (Å²) in [5, 5.41) is 3.05. The number of nitrogens with one attached hydrogen (secondary N) is 1. The highest BCUT2D eigenvalue weighted by atomic mass is 16.5. The van der Waals surface area contributed by atoms with Gasteiger partial charge in [0.15, 0.2) is 0 Å². The molecule has 1 saturated heterocycles. The maximum atomic E-state index is 12.6. The topological polar surface area (TPSA) is 61.9 Å². The molecule has 0 saturated carbocycles. The summed E-state index contributed by atoms with van der Waals surface area (Å²) in [6.07, 6.45) is 6.09. The van der Waals surface area contributed by atoms with Crippen LogP contribution in [0.3, 0.4) is 0 Å². The first-order chi connectivity index (χ1) is 15.7. The molecular formula is C26H35N3O3. The van der Waals surface area contributed by atoms with Crippen LogP contribution < -0.4 is 10.2 Å². The van der Waals surface area contributed by atoms with E-state index in [2.05, 4.69) is 63.5 Å². The summed E-state index contributed by atoms with van der Waals surface area (Å²) >= 11 is 0. The molecule has 0 aromatic heterocycles. The highest BCUT2D eigenvalue weighted by Crippen LogP contribution is 2.31. The van der Waals surface area contributed by atoms with E-state index >= 15 is 0 Å². The normalized spacial score (nSPS) is 14.1. The lowest BCUT2D eigenvalue weighted by molar-refractivity contribution is -0.140. The second-order valence-corrected chi connectivity index (χ2v) is 8.23. The molecule has 32 heavy (non-hydrogen) atoms. The van der Waals surface area contributed by atoms with Crippen LogP contribution in [0.1, 0.15) is 44.9 Å². The molecule has 2 aromatic carbocycles. The van der Waals surface area contributed by atoms with Gasteiger partial charge in [-0.05, 0) is 49.9 Å². The predicted molar refractivity (Wildman–Crippen MR) is 128 cm³/mol. The Morgan fingerprint density at radius 2 is 1.47 bits per heavy atom. The Hall–Kier alpha value is -3.02. The maximum absolute atomic E-state index is 12.6. The van der Waals surface area contributed by atoms with Gasteiger partial charge in [-0.1, -0.05) is 49.2 Å². The van der Waals surface area contributed by atoms with Gasteiger partial charge in [-0.2, -0.15) is 0 Å². The summed E-state index contributed by atoms with van der Waals surface area (Å²) in [6, 6.07) is 21.4. The Kier molecular flexibility index (Phi) is 9.41. The molecule has 1 aliphatic heterocycles. The van der Waals surface area contributed by atoms with E-state index in [9.17, 15) is 9.59 Å². The second kappa shape index (κ2) is 12.7. The van der Waals surface area contributed by atoms with E-state index in [1.807, 2.05) is 17.0 Å². The number of piperidine rings is 1. The van der Waals surface area contributed by atoms with Crippen LogP contribution >= 0.6 is 0 Å². The van der Waals surface area contributed by atoms with Crippen molar-refractivity contribution >= 4 is 23.4 Å². The number of anilines is 2. The van der Waals surface area contributed by atoms with Gasteiger partial charge in [-0.3, -0.25) is 4.79 Å². The van der Waals surface area contributed by atoms with E-state index in [1.54, 1.807) is 0 Å². The number of ether oxygens (including phenoxy) is 1. The van der Waals surface area contributed by atoms with Gasteiger partial charge in [-0.15, -0.1) is 0 Å². The van der Waals surface area contributed by atoms with Crippen LogP contribution in [0.5, 0.6) is 0 Å². The van der Waals surface area contributed by atoms with Gasteiger partial charge in [0.25, 0.3) is 0 Å². The van der Waals surface area contributed by atoms with Crippen molar-refractivity contribution < 1.29 is 14.3 Å². The number of para-hydroxylation sites is 2. The molecule has 0 aliphatic carbocycles. The number of methoxy groups -OCH3 is 1.